The Morgan fingerprint density at radius 2 is 1.95 bits per heavy atom. The molecule has 2 aromatic rings. The number of rotatable bonds is 6. The Labute approximate surface area is 124 Å². The number of anilines is 1. The molecule has 1 heterocycles. The maximum atomic E-state index is 12.1. The smallest absolute Gasteiger partial charge is 0.242 e. The molecular weight excluding hydrogens is 290 g/mol. The maximum Gasteiger partial charge on any atom is 0.242 e. The second kappa shape index (κ2) is 6.28. The molecule has 0 fully saturated rings. The number of para-hydroxylation sites is 1. The van der Waals surface area contributed by atoms with Crippen LogP contribution in [0.15, 0.2) is 33.6 Å². The molecular formula is C14H19N3O3S. The lowest BCUT2D eigenvalue weighted by Crippen LogP contribution is -2.24. The number of hydrogen-bond donors (Lipinski definition) is 2. The van der Waals surface area contributed by atoms with Gasteiger partial charge in [-0.15, -0.1) is 0 Å². The highest BCUT2D eigenvalue weighted by molar-refractivity contribution is 7.89. The number of benzene rings is 1. The average molecular weight is 309 g/mol. The normalized spacial score (nSPS) is 11.6. The summed E-state index contributed by atoms with van der Waals surface area (Å²) < 4.78 is 32.2. The number of hydrogen-bond acceptors (Lipinski definition) is 5. The SMILES string of the molecule is CCNS(=O)(=O)c1ccccc1NCc1nc(C)c(C)o1. The van der Waals surface area contributed by atoms with Crippen molar-refractivity contribution in [2.45, 2.75) is 32.2 Å². The minimum atomic E-state index is -3.51. The second-order valence-corrected chi connectivity index (χ2v) is 6.34. The van der Waals surface area contributed by atoms with E-state index in [1.165, 1.54) is 0 Å². The number of aryl methyl sites for hydroxylation is 2. The monoisotopic (exact) mass is 309 g/mol. The summed E-state index contributed by atoms with van der Waals surface area (Å²) in [4.78, 5) is 4.47. The Morgan fingerprint density at radius 1 is 1.24 bits per heavy atom. The fourth-order valence-electron chi connectivity index (χ4n) is 1.90. The molecule has 21 heavy (non-hydrogen) atoms. The van der Waals surface area contributed by atoms with Gasteiger partial charge in [-0.25, -0.2) is 18.1 Å². The van der Waals surface area contributed by atoms with Gasteiger partial charge in [0, 0.05) is 6.54 Å². The van der Waals surface area contributed by atoms with E-state index >= 15 is 0 Å². The first-order valence-electron chi connectivity index (χ1n) is 6.69. The van der Waals surface area contributed by atoms with Gasteiger partial charge in [-0.05, 0) is 26.0 Å². The fraction of sp³-hybridized carbons (Fsp3) is 0.357. The number of nitrogens with one attached hydrogen (secondary N) is 2. The molecule has 0 saturated heterocycles. The number of oxazole rings is 1. The molecule has 1 aromatic carbocycles. The fourth-order valence-corrected chi connectivity index (χ4v) is 3.12. The van der Waals surface area contributed by atoms with Crippen molar-refractivity contribution >= 4 is 15.7 Å². The minimum Gasteiger partial charge on any atom is -0.444 e. The molecule has 0 amide bonds. The zero-order chi connectivity index (χ0) is 15.5. The number of sulfonamides is 1. The lowest BCUT2D eigenvalue weighted by atomic mass is 10.3. The highest BCUT2D eigenvalue weighted by Gasteiger charge is 2.17. The molecule has 1 aromatic heterocycles. The molecule has 0 aliphatic heterocycles. The topological polar surface area (TPSA) is 84.2 Å². The zero-order valence-electron chi connectivity index (χ0n) is 12.3. The summed E-state index contributed by atoms with van der Waals surface area (Å²) in [6.45, 7) is 6.12. The van der Waals surface area contributed by atoms with Gasteiger partial charge in [0.05, 0.1) is 17.9 Å². The molecule has 114 valence electrons. The first-order chi connectivity index (χ1) is 9.94. The summed E-state index contributed by atoms with van der Waals surface area (Å²) in [5.74, 6) is 1.29. The van der Waals surface area contributed by atoms with E-state index in [4.69, 9.17) is 4.42 Å². The summed E-state index contributed by atoms with van der Waals surface area (Å²) in [6, 6.07) is 6.74. The quantitative estimate of drug-likeness (QED) is 0.854. The molecule has 2 N–H and O–H groups in total. The van der Waals surface area contributed by atoms with Gasteiger partial charge in [-0.3, -0.25) is 0 Å². The molecule has 0 atom stereocenters. The van der Waals surface area contributed by atoms with E-state index in [-0.39, 0.29) is 4.90 Å². The van der Waals surface area contributed by atoms with Crippen LogP contribution >= 0.6 is 0 Å². The third-order valence-electron chi connectivity index (χ3n) is 3.01. The van der Waals surface area contributed by atoms with Gasteiger partial charge in [0.1, 0.15) is 10.7 Å². The Balaban J connectivity index is 2.21. The predicted molar refractivity (Wildman–Crippen MR) is 80.6 cm³/mol. The standard InChI is InChI=1S/C14H19N3O3S/c1-4-16-21(18,19)13-8-6-5-7-12(13)15-9-14-17-10(2)11(3)20-14/h5-8,15-16H,4,9H2,1-3H3. The van der Waals surface area contributed by atoms with E-state index in [9.17, 15) is 8.42 Å². The van der Waals surface area contributed by atoms with Crippen molar-refractivity contribution in [1.29, 1.82) is 0 Å². The highest BCUT2D eigenvalue weighted by atomic mass is 32.2. The molecule has 2 rings (SSSR count). The van der Waals surface area contributed by atoms with Crippen molar-refractivity contribution in [3.63, 3.8) is 0 Å². The average Bonchev–Trinajstić information content (AvgIpc) is 2.76. The van der Waals surface area contributed by atoms with E-state index in [0.29, 0.717) is 24.7 Å². The molecule has 0 unspecified atom stereocenters. The minimum absolute atomic E-state index is 0.215. The Kier molecular flexibility index (Phi) is 4.64. The molecule has 0 bridgehead atoms. The van der Waals surface area contributed by atoms with Crippen molar-refractivity contribution in [3.8, 4) is 0 Å². The molecule has 0 spiro atoms. The van der Waals surface area contributed by atoms with E-state index in [1.54, 1.807) is 31.2 Å². The van der Waals surface area contributed by atoms with E-state index in [1.807, 2.05) is 13.8 Å². The first kappa shape index (κ1) is 15.5. The van der Waals surface area contributed by atoms with Gasteiger partial charge in [0.15, 0.2) is 0 Å². The molecule has 0 radical (unpaired) electrons. The third kappa shape index (κ3) is 3.62. The van der Waals surface area contributed by atoms with Crippen LogP contribution < -0.4 is 10.0 Å². The van der Waals surface area contributed by atoms with Crippen molar-refractivity contribution in [2.24, 2.45) is 0 Å². The van der Waals surface area contributed by atoms with Gasteiger partial charge in [-0.1, -0.05) is 19.1 Å². The maximum absolute atomic E-state index is 12.1. The summed E-state index contributed by atoms with van der Waals surface area (Å²) in [5.41, 5.74) is 1.35. The zero-order valence-corrected chi connectivity index (χ0v) is 13.1. The molecule has 0 saturated carbocycles. The Morgan fingerprint density at radius 3 is 2.57 bits per heavy atom. The lowest BCUT2D eigenvalue weighted by Gasteiger charge is -2.11. The predicted octanol–water partition coefficient (Wildman–Crippen LogP) is 2.20. The van der Waals surface area contributed by atoms with Crippen LogP contribution in [-0.4, -0.2) is 19.9 Å². The number of aromatic nitrogens is 1. The van der Waals surface area contributed by atoms with Crippen LogP contribution in [0, 0.1) is 13.8 Å². The van der Waals surface area contributed by atoms with Crippen LogP contribution in [0.3, 0.4) is 0 Å². The Bertz CT molecular complexity index is 703. The van der Waals surface area contributed by atoms with Crippen molar-refractivity contribution in [2.75, 3.05) is 11.9 Å². The van der Waals surface area contributed by atoms with Gasteiger partial charge in [0.2, 0.25) is 15.9 Å². The largest absolute Gasteiger partial charge is 0.444 e. The van der Waals surface area contributed by atoms with Crippen LogP contribution in [-0.2, 0) is 16.6 Å². The van der Waals surface area contributed by atoms with Crippen LogP contribution in [0.2, 0.25) is 0 Å². The van der Waals surface area contributed by atoms with Crippen LogP contribution in [0.25, 0.3) is 0 Å². The molecule has 0 aliphatic carbocycles. The van der Waals surface area contributed by atoms with Gasteiger partial charge in [0.25, 0.3) is 0 Å². The number of nitrogens with zero attached hydrogens (tertiary/aromatic N) is 1. The summed E-state index contributed by atoms with van der Waals surface area (Å²) >= 11 is 0. The van der Waals surface area contributed by atoms with Gasteiger partial charge in [-0.2, -0.15) is 0 Å². The summed E-state index contributed by atoms with van der Waals surface area (Å²) in [5, 5.41) is 3.06. The first-order valence-corrected chi connectivity index (χ1v) is 8.18. The summed E-state index contributed by atoms with van der Waals surface area (Å²) in [7, 11) is -3.51. The van der Waals surface area contributed by atoms with Crippen LogP contribution in [0.4, 0.5) is 5.69 Å². The van der Waals surface area contributed by atoms with Crippen molar-refractivity contribution in [1.82, 2.24) is 9.71 Å². The van der Waals surface area contributed by atoms with E-state index in [0.717, 1.165) is 11.5 Å². The van der Waals surface area contributed by atoms with E-state index in [2.05, 4.69) is 15.0 Å². The highest BCUT2D eigenvalue weighted by Crippen LogP contribution is 2.21. The van der Waals surface area contributed by atoms with Gasteiger partial charge >= 0.3 is 0 Å². The van der Waals surface area contributed by atoms with Crippen LogP contribution in [0.5, 0.6) is 0 Å². The Hall–Kier alpha value is -1.86. The van der Waals surface area contributed by atoms with Crippen molar-refractivity contribution < 1.29 is 12.8 Å². The summed E-state index contributed by atoms with van der Waals surface area (Å²) in [6.07, 6.45) is 0. The molecule has 6 nitrogen and oxygen atoms in total. The second-order valence-electron chi connectivity index (χ2n) is 4.60. The lowest BCUT2D eigenvalue weighted by molar-refractivity contribution is 0.478. The molecule has 7 heteroatoms. The van der Waals surface area contributed by atoms with E-state index < -0.39 is 10.0 Å². The van der Waals surface area contributed by atoms with Gasteiger partial charge < -0.3 is 9.73 Å². The third-order valence-corrected chi connectivity index (χ3v) is 4.62. The van der Waals surface area contributed by atoms with Crippen molar-refractivity contribution in [3.05, 3.63) is 41.6 Å². The van der Waals surface area contributed by atoms with Crippen LogP contribution in [0.1, 0.15) is 24.3 Å². The molecule has 0 aliphatic rings.